The minimum Gasteiger partial charge on any atom is -0.255 e. The number of fused-ring (bicyclic) bond motifs is 1. The molecule has 0 spiro atoms. The van der Waals surface area contributed by atoms with Crippen molar-refractivity contribution in [3.05, 3.63) is 40.5 Å². The lowest BCUT2D eigenvalue weighted by Crippen LogP contribution is -2.04. The Kier molecular flexibility index (Phi) is 2.68. The quantitative estimate of drug-likeness (QED) is 0.719. The third-order valence-electron chi connectivity index (χ3n) is 2.25. The first kappa shape index (κ1) is 11.7. The van der Waals surface area contributed by atoms with Gasteiger partial charge in [0.2, 0.25) is 0 Å². The standard InChI is InChI=1S/C11H4ClF3N2/c12-10-6(4-16)5-17-9-3-7(11(13,14)15)1-2-8(9)10/h1-3,5H. The average Bonchev–Trinajstić information content (AvgIpc) is 2.28. The molecule has 86 valence electrons. The number of pyridine rings is 1. The van der Waals surface area contributed by atoms with Gasteiger partial charge in [0.05, 0.1) is 21.7 Å². The Morgan fingerprint density at radius 2 is 2.00 bits per heavy atom. The molecule has 2 aromatic rings. The number of halogens is 4. The summed E-state index contributed by atoms with van der Waals surface area (Å²) in [5.74, 6) is 0. The summed E-state index contributed by atoms with van der Waals surface area (Å²) in [5.41, 5.74) is -0.541. The van der Waals surface area contributed by atoms with Crippen molar-refractivity contribution >= 4 is 22.5 Å². The van der Waals surface area contributed by atoms with Crippen molar-refractivity contribution in [2.45, 2.75) is 6.18 Å². The first-order valence-corrected chi connectivity index (χ1v) is 4.87. The predicted octanol–water partition coefficient (Wildman–Crippen LogP) is 3.78. The van der Waals surface area contributed by atoms with Crippen molar-refractivity contribution in [2.24, 2.45) is 0 Å². The van der Waals surface area contributed by atoms with E-state index >= 15 is 0 Å². The van der Waals surface area contributed by atoms with Crippen LogP contribution in [-0.2, 0) is 6.18 Å². The molecule has 0 unspecified atom stereocenters. The fourth-order valence-corrected chi connectivity index (χ4v) is 1.67. The van der Waals surface area contributed by atoms with Crippen LogP contribution in [0.5, 0.6) is 0 Å². The molecule has 0 fully saturated rings. The lowest BCUT2D eigenvalue weighted by Gasteiger charge is -2.08. The lowest BCUT2D eigenvalue weighted by atomic mass is 10.1. The zero-order valence-corrected chi connectivity index (χ0v) is 8.97. The number of benzene rings is 1. The molecule has 0 aliphatic rings. The van der Waals surface area contributed by atoms with Crippen LogP contribution < -0.4 is 0 Å². The third kappa shape index (κ3) is 2.04. The highest BCUT2D eigenvalue weighted by molar-refractivity contribution is 6.36. The maximum Gasteiger partial charge on any atom is 0.416 e. The summed E-state index contributed by atoms with van der Waals surface area (Å²) in [7, 11) is 0. The second kappa shape index (κ2) is 3.90. The second-order valence-corrected chi connectivity index (χ2v) is 3.71. The lowest BCUT2D eigenvalue weighted by molar-refractivity contribution is -0.137. The molecule has 0 atom stereocenters. The summed E-state index contributed by atoms with van der Waals surface area (Å²) in [5, 5.41) is 9.16. The van der Waals surface area contributed by atoms with Crippen molar-refractivity contribution < 1.29 is 13.2 Å². The Hall–Kier alpha value is -1.80. The number of hydrogen-bond acceptors (Lipinski definition) is 2. The average molecular weight is 257 g/mol. The van der Waals surface area contributed by atoms with Crippen LogP contribution in [0, 0.1) is 11.3 Å². The normalized spacial score (nSPS) is 11.5. The van der Waals surface area contributed by atoms with E-state index in [-0.39, 0.29) is 16.1 Å². The largest absolute Gasteiger partial charge is 0.416 e. The van der Waals surface area contributed by atoms with Gasteiger partial charge in [0.25, 0.3) is 0 Å². The first-order valence-electron chi connectivity index (χ1n) is 4.49. The van der Waals surface area contributed by atoms with E-state index < -0.39 is 11.7 Å². The number of rotatable bonds is 0. The van der Waals surface area contributed by atoms with E-state index in [2.05, 4.69) is 4.98 Å². The van der Waals surface area contributed by atoms with Crippen LogP contribution in [0.4, 0.5) is 13.2 Å². The summed E-state index contributed by atoms with van der Waals surface area (Å²) < 4.78 is 37.3. The van der Waals surface area contributed by atoms with Gasteiger partial charge in [-0.3, -0.25) is 4.98 Å². The fraction of sp³-hybridized carbons (Fsp3) is 0.0909. The summed E-state index contributed by atoms with van der Waals surface area (Å²) in [4.78, 5) is 3.78. The predicted molar refractivity (Wildman–Crippen MR) is 56.5 cm³/mol. The Morgan fingerprint density at radius 3 is 2.59 bits per heavy atom. The van der Waals surface area contributed by atoms with Gasteiger partial charge >= 0.3 is 6.18 Å². The van der Waals surface area contributed by atoms with Crippen LogP contribution in [0.3, 0.4) is 0 Å². The van der Waals surface area contributed by atoms with E-state index in [0.717, 1.165) is 18.3 Å². The molecule has 0 N–H and O–H groups in total. The van der Waals surface area contributed by atoms with E-state index in [1.807, 2.05) is 6.07 Å². The van der Waals surface area contributed by atoms with E-state index in [1.54, 1.807) is 0 Å². The summed E-state index contributed by atoms with van der Waals surface area (Å²) in [6.07, 6.45) is -3.26. The van der Waals surface area contributed by atoms with Crippen LogP contribution in [0.15, 0.2) is 24.4 Å². The molecule has 17 heavy (non-hydrogen) atoms. The minimum absolute atomic E-state index is 0.115. The molecule has 0 saturated heterocycles. The van der Waals surface area contributed by atoms with E-state index in [0.29, 0.717) is 5.39 Å². The molecule has 0 amide bonds. The molecule has 1 aromatic carbocycles. The molecule has 2 nitrogen and oxygen atoms in total. The molecule has 0 aliphatic heterocycles. The van der Waals surface area contributed by atoms with Crippen molar-refractivity contribution in [1.29, 1.82) is 5.26 Å². The number of alkyl halides is 3. The first-order chi connectivity index (χ1) is 7.93. The zero-order chi connectivity index (χ0) is 12.6. The summed E-state index contributed by atoms with van der Waals surface area (Å²) >= 11 is 5.86. The molecule has 6 heteroatoms. The molecule has 1 aromatic heterocycles. The zero-order valence-electron chi connectivity index (χ0n) is 8.22. The number of aromatic nitrogens is 1. The van der Waals surface area contributed by atoms with Gasteiger partial charge in [-0.1, -0.05) is 17.7 Å². The van der Waals surface area contributed by atoms with E-state index in [1.165, 1.54) is 6.07 Å². The van der Waals surface area contributed by atoms with Gasteiger partial charge in [0.15, 0.2) is 0 Å². The topological polar surface area (TPSA) is 36.7 Å². The SMILES string of the molecule is N#Cc1cnc2cc(C(F)(F)F)ccc2c1Cl. The van der Waals surface area contributed by atoms with Crippen LogP contribution in [-0.4, -0.2) is 4.98 Å². The smallest absolute Gasteiger partial charge is 0.255 e. The molecule has 0 bridgehead atoms. The Bertz CT molecular complexity index is 629. The van der Waals surface area contributed by atoms with Gasteiger partial charge in [-0.2, -0.15) is 18.4 Å². The maximum absolute atomic E-state index is 12.4. The van der Waals surface area contributed by atoms with Gasteiger partial charge < -0.3 is 0 Å². The van der Waals surface area contributed by atoms with Gasteiger partial charge in [0, 0.05) is 11.6 Å². The van der Waals surface area contributed by atoms with Gasteiger partial charge in [0.1, 0.15) is 6.07 Å². The minimum atomic E-state index is -4.42. The maximum atomic E-state index is 12.4. The van der Waals surface area contributed by atoms with Gasteiger partial charge in [-0.25, -0.2) is 0 Å². The Morgan fingerprint density at radius 1 is 1.29 bits per heavy atom. The molecular formula is C11H4ClF3N2. The molecule has 1 heterocycles. The number of nitrogens with zero attached hydrogens (tertiary/aromatic N) is 2. The van der Waals surface area contributed by atoms with Crippen molar-refractivity contribution in [2.75, 3.05) is 0 Å². The summed E-state index contributed by atoms with van der Waals surface area (Å²) in [6, 6.07) is 4.85. The van der Waals surface area contributed by atoms with Crippen LogP contribution in [0.25, 0.3) is 10.9 Å². The molecule has 2 rings (SSSR count). The van der Waals surface area contributed by atoms with Gasteiger partial charge in [-0.05, 0) is 12.1 Å². The highest BCUT2D eigenvalue weighted by Gasteiger charge is 2.30. The Balaban J connectivity index is 2.71. The molecular weight excluding hydrogens is 253 g/mol. The Labute approximate surface area is 99.3 Å². The van der Waals surface area contributed by atoms with Crippen LogP contribution in [0.1, 0.15) is 11.1 Å². The van der Waals surface area contributed by atoms with Gasteiger partial charge in [-0.15, -0.1) is 0 Å². The highest BCUT2D eigenvalue weighted by atomic mass is 35.5. The number of hydrogen-bond donors (Lipinski definition) is 0. The molecule has 0 aliphatic carbocycles. The van der Waals surface area contributed by atoms with Crippen LogP contribution in [0.2, 0.25) is 5.02 Å². The highest BCUT2D eigenvalue weighted by Crippen LogP contribution is 2.33. The van der Waals surface area contributed by atoms with Crippen LogP contribution >= 0.6 is 11.6 Å². The monoisotopic (exact) mass is 256 g/mol. The third-order valence-corrected chi connectivity index (χ3v) is 2.66. The second-order valence-electron chi connectivity index (χ2n) is 3.33. The van der Waals surface area contributed by atoms with E-state index in [4.69, 9.17) is 16.9 Å². The van der Waals surface area contributed by atoms with E-state index in [9.17, 15) is 13.2 Å². The van der Waals surface area contributed by atoms with Crippen molar-refractivity contribution in [1.82, 2.24) is 4.98 Å². The number of nitriles is 1. The fourth-order valence-electron chi connectivity index (χ4n) is 1.41. The van der Waals surface area contributed by atoms with Crippen molar-refractivity contribution in [3.63, 3.8) is 0 Å². The molecule has 0 radical (unpaired) electrons. The van der Waals surface area contributed by atoms with Crippen molar-refractivity contribution in [3.8, 4) is 6.07 Å². The molecule has 0 saturated carbocycles. The summed E-state index contributed by atoms with van der Waals surface area (Å²) in [6.45, 7) is 0.